The molecule has 0 radical (unpaired) electrons. The molecule has 5 rings (SSSR count). The molecule has 2 heterocycles. The number of aryl methyl sites for hydroxylation is 1. The zero-order valence-electron chi connectivity index (χ0n) is 21.0. The molecule has 1 fully saturated rings. The fraction of sp³-hybridized carbons (Fsp3) is 0.500. The molecule has 1 aromatic heterocycles. The molecule has 4 unspecified atom stereocenters. The lowest BCUT2D eigenvalue weighted by Gasteiger charge is -2.34. The van der Waals surface area contributed by atoms with E-state index in [2.05, 4.69) is 17.6 Å². The van der Waals surface area contributed by atoms with Crippen molar-refractivity contribution in [3.8, 4) is 5.75 Å². The average Bonchev–Trinajstić information content (AvgIpc) is 3.27. The number of ether oxygens (including phenoxy) is 2. The summed E-state index contributed by atoms with van der Waals surface area (Å²) in [5, 5.41) is 11.5. The first-order chi connectivity index (χ1) is 16.9. The Labute approximate surface area is 206 Å². The number of methoxy groups -OCH3 is 2. The predicted octanol–water partition coefficient (Wildman–Crippen LogP) is 5.79. The summed E-state index contributed by atoms with van der Waals surface area (Å²) in [4.78, 5) is 19.4. The van der Waals surface area contributed by atoms with E-state index in [4.69, 9.17) is 14.5 Å². The van der Waals surface area contributed by atoms with E-state index in [0.717, 1.165) is 59.3 Å². The third-order valence-corrected chi connectivity index (χ3v) is 7.80. The highest BCUT2D eigenvalue weighted by molar-refractivity contribution is 5.95. The van der Waals surface area contributed by atoms with Gasteiger partial charge in [0.1, 0.15) is 17.7 Å². The Bertz CT molecular complexity index is 1220. The molecule has 0 bridgehead atoms. The number of nitrogens with zero attached hydrogens (tertiary/aromatic N) is 3. The van der Waals surface area contributed by atoms with Gasteiger partial charge in [0.2, 0.25) is 0 Å². The van der Waals surface area contributed by atoms with Gasteiger partial charge >= 0.3 is 6.09 Å². The fourth-order valence-electron chi connectivity index (χ4n) is 5.94. The molecule has 2 aliphatic rings. The van der Waals surface area contributed by atoms with Crippen LogP contribution >= 0.6 is 0 Å². The van der Waals surface area contributed by atoms with Gasteiger partial charge in [-0.2, -0.15) is 0 Å². The smallest absolute Gasteiger partial charge is 0.414 e. The normalized spacial score (nSPS) is 23.1. The van der Waals surface area contributed by atoms with Crippen molar-refractivity contribution < 1.29 is 19.4 Å². The van der Waals surface area contributed by atoms with Crippen LogP contribution < -0.4 is 9.64 Å². The Hall–Kier alpha value is -3.06. The zero-order chi connectivity index (χ0) is 24.7. The number of fused-ring (bicyclic) bond motifs is 3. The summed E-state index contributed by atoms with van der Waals surface area (Å²) < 4.78 is 12.7. The summed E-state index contributed by atoms with van der Waals surface area (Å²) in [5.74, 6) is 2.05. The number of anilines is 1. The zero-order valence-corrected chi connectivity index (χ0v) is 21.0. The first-order valence-corrected chi connectivity index (χ1v) is 12.7. The molecule has 35 heavy (non-hydrogen) atoms. The molecule has 186 valence electrons. The summed E-state index contributed by atoms with van der Waals surface area (Å²) >= 11 is 0. The summed E-state index contributed by atoms with van der Waals surface area (Å²) in [7, 11) is 3.06. The van der Waals surface area contributed by atoms with Gasteiger partial charge < -0.3 is 19.1 Å². The van der Waals surface area contributed by atoms with Gasteiger partial charge in [0.15, 0.2) is 0 Å². The van der Waals surface area contributed by atoms with Crippen LogP contribution in [0.4, 0.5) is 10.5 Å². The highest BCUT2D eigenvalue weighted by atomic mass is 16.5. The molecule has 2 aromatic carbocycles. The molecule has 4 atom stereocenters. The quantitative estimate of drug-likeness (QED) is 0.515. The number of aliphatic hydroxyl groups excluding tert-OH is 1. The molecule has 1 saturated carbocycles. The van der Waals surface area contributed by atoms with Gasteiger partial charge in [-0.15, -0.1) is 0 Å². The summed E-state index contributed by atoms with van der Waals surface area (Å²) in [6, 6.07) is 12.0. The van der Waals surface area contributed by atoms with E-state index in [9.17, 15) is 9.90 Å². The molecule has 7 nitrogen and oxygen atoms in total. The molecule has 0 spiro atoms. The molecule has 3 aromatic rings. The second kappa shape index (κ2) is 9.53. The van der Waals surface area contributed by atoms with E-state index in [-0.39, 0.29) is 18.2 Å². The maximum absolute atomic E-state index is 12.6. The third-order valence-electron chi connectivity index (χ3n) is 7.80. The Morgan fingerprint density at radius 1 is 1.09 bits per heavy atom. The minimum Gasteiger partial charge on any atom is -0.497 e. The van der Waals surface area contributed by atoms with Crippen LogP contribution in [0.1, 0.15) is 75.0 Å². The van der Waals surface area contributed by atoms with E-state index in [1.54, 1.807) is 12.0 Å². The Morgan fingerprint density at radius 3 is 2.54 bits per heavy atom. The van der Waals surface area contributed by atoms with Gasteiger partial charge in [0, 0.05) is 17.6 Å². The first-order valence-electron chi connectivity index (χ1n) is 12.7. The maximum Gasteiger partial charge on any atom is 0.414 e. The lowest BCUT2D eigenvalue weighted by atomic mass is 9.86. The summed E-state index contributed by atoms with van der Waals surface area (Å²) in [6.45, 7) is 4.35. The van der Waals surface area contributed by atoms with Crippen molar-refractivity contribution in [2.45, 2.75) is 70.6 Å². The minimum absolute atomic E-state index is 0.0537. The molecule has 1 N–H and O–H groups in total. The summed E-state index contributed by atoms with van der Waals surface area (Å²) in [6.07, 6.45) is 5.00. The van der Waals surface area contributed by atoms with Crippen molar-refractivity contribution in [3.63, 3.8) is 0 Å². The highest BCUT2D eigenvalue weighted by Gasteiger charge is 2.34. The van der Waals surface area contributed by atoms with Gasteiger partial charge in [0.05, 0.1) is 30.9 Å². The van der Waals surface area contributed by atoms with Crippen LogP contribution in [0.2, 0.25) is 0 Å². The maximum atomic E-state index is 12.6. The third kappa shape index (κ3) is 4.16. The van der Waals surface area contributed by atoms with Crippen LogP contribution in [0.15, 0.2) is 36.4 Å². The van der Waals surface area contributed by atoms with Crippen molar-refractivity contribution in [1.29, 1.82) is 0 Å². The van der Waals surface area contributed by atoms with Crippen molar-refractivity contribution in [2.75, 3.05) is 19.1 Å². The number of carbonyl (C=O) groups excluding carboxylic acids is 1. The van der Waals surface area contributed by atoms with Gasteiger partial charge in [-0.3, -0.25) is 4.90 Å². The standard InChI is InChI=1S/C28H35N3O4/c1-17-6-5-7-20(16-17)31-24-15-14-23-22(13-8-18(2)30(23)28(33)35-4)25(24)29-27(31)26(32)19-9-11-21(34-3)12-10-19/h9-12,14-15,17-18,20,26,32H,5-8,13,16H2,1-4H3. The van der Waals surface area contributed by atoms with Gasteiger partial charge in [-0.25, -0.2) is 9.78 Å². The first kappa shape index (κ1) is 23.7. The number of hydrogen-bond donors (Lipinski definition) is 1. The number of rotatable bonds is 4. The predicted molar refractivity (Wildman–Crippen MR) is 136 cm³/mol. The van der Waals surface area contributed by atoms with E-state index < -0.39 is 6.10 Å². The lowest BCUT2D eigenvalue weighted by molar-refractivity contribution is 0.175. The number of carbonyl (C=O) groups is 1. The molecule has 1 amide bonds. The second-order valence-electron chi connectivity index (χ2n) is 10.1. The average molecular weight is 478 g/mol. The number of benzene rings is 2. The Balaban J connectivity index is 1.67. The SMILES string of the molecule is COC(=O)N1c2ccc3c(nc(C(O)c4ccc(OC)cc4)n3C3CCCC(C)C3)c2CCC1C. The molecular weight excluding hydrogens is 442 g/mol. The molecule has 7 heteroatoms. The monoisotopic (exact) mass is 477 g/mol. The van der Waals surface area contributed by atoms with Crippen molar-refractivity contribution in [1.82, 2.24) is 9.55 Å². The second-order valence-corrected chi connectivity index (χ2v) is 10.1. The van der Waals surface area contributed by atoms with E-state index in [0.29, 0.717) is 11.7 Å². The molecule has 1 aliphatic heterocycles. The van der Waals surface area contributed by atoms with Gasteiger partial charge in [-0.05, 0) is 68.4 Å². The minimum atomic E-state index is -0.861. The fourth-order valence-corrected chi connectivity index (χ4v) is 5.94. The van der Waals surface area contributed by atoms with Crippen LogP contribution in [0.5, 0.6) is 5.75 Å². The number of aromatic nitrogens is 2. The van der Waals surface area contributed by atoms with Crippen LogP contribution in [-0.4, -0.2) is 41.0 Å². The van der Waals surface area contributed by atoms with Crippen molar-refractivity contribution >= 4 is 22.8 Å². The summed E-state index contributed by atoms with van der Waals surface area (Å²) in [5.41, 5.74) is 4.60. The molecular formula is C28H35N3O4. The number of aliphatic hydroxyl groups is 1. The van der Waals surface area contributed by atoms with E-state index in [1.165, 1.54) is 20.0 Å². The van der Waals surface area contributed by atoms with Crippen LogP contribution in [0.25, 0.3) is 11.0 Å². The molecule has 1 aliphatic carbocycles. The highest BCUT2D eigenvalue weighted by Crippen LogP contribution is 2.42. The lowest BCUT2D eigenvalue weighted by Crippen LogP contribution is -2.42. The van der Waals surface area contributed by atoms with E-state index >= 15 is 0 Å². The molecule has 0 saturated heterocycles. The Kier molecular flexibility index (Phi) is 6.45. The number of amides is 1. The topological polar surface area (TPSA) is 76.8 Å². The van der Waals surface area contributed by atoms with Crippen LogP contribution in [-0.2, 0) is 11.2 Å². The number of hydrogen-bond acceptors (Lipinski definition) is 5. The Morgan fingerprint density at radius 2 is 1.86 bits per heavy atom. The van der Waals surface area contributed by atoms with Gasteiger partial charge in [0.25, 0.3) is 0 Å². The van der Waals surface area contributed by atoms with Crippen LogP contribution in [0, 0.1) is 5.92 Å². The largest absolute Gasteiger partial charge is 0.497 e. The van der Waals surface area contributed by atoms with Crippen LogP contribution in [0.3, 0.4) is 0 Å². The van der Waals surface area contributed by atoms with Crippen molar-refractivity contribution in [2.24, 2.45) is 5.92 Å². The number of imidazole rings is 1. The van der Waals surface area contributed by atoms with E-state index in [1.807, 2.05) is 37.3 Å². The van der Waals surface area contributed by atoms with Gasteiger partial charge in [-0.1, -0.05) is 31.9 Å². The van der Waals surface area contributed by atoms with Crippen molar-refractivity contribution in [3.05, 3.63) is 53.3 Å².